The molecule has 1 aliphatic carbocycles. The van der Waals surface area contributed by atoms with Crippen molar-refractivity contribution in [2.75, 3.05) is 0 Å². The molecule has 5 nitrogen and oxygen atoms in total. The molecule has 1 saturated carbocycles. The fourth-order valence-corrected chi connectivity index (χ4v) is 3.12. The molecule has 1 aliphatic rings. The van der Waals surface area contributed by atoms with E-state index >= 15 is 0 Å². The topological polar surface area (TPSA) is 52.7 Å². The zero-order chi connectivity index (χ0) is 13.6. The highest BCUT2D eigenvalue weighted by molar-refractivity contribution is 6.28. The van der Waals surface area contributed by atoms with Crippen molar-refractivity contribution in [2.24, 2.45) is 0 Å². The Kier molecular flexibility index (Phi) is 3.09. The Hall–Kier alpha value is -1.36. The summed E-state index contributed by atoms with van der Waals surface area (Å²) in [5, 5.41) is 0.195. The molecule has 0 aliphatic heterocycles. The molecule has 0 N–H and O–H groups in total. The molecule has 0 unspecified atom stereocenters. The summed E-state index contributed by atoms with van der Waals surface area (Å²) < 4.78 is 3.57. The standard InChI is InChI=1S/C13H17ClN4O/c1-8(2)17-10-7-15-12(14)16-11(10)18(13(17)19)9-5-3-4-6-9/h7-9H,3-6H2,1-2H3. The van der Waals surface area contributed by atoms with Gasteiger partial charge in [0.25, 0.3) is 0 Å². The second kappa shape index (κ2) is 4.63. The molecular weight excluding hydrogens is 264 g/mol. The van der Waals surface area contributed by atoms with Crippen LogP contribution in [0.3, 0.4) is 0 Å². The van der Waals surface area contributed by atoms with Crippen molar-refractivity contribution in [3.63, 3.8) is 0 Å². The van der Waals surface area contributed by atoms with Crippen molar-refractivity contribution in [1.29, 1.82) is 0 Å². The molecule has 0 amide bonds. The van der Waals surface area contributed by atoms with Crippen LogP contribution in [0.5, 0.6) is 0 Å². The average Bonchev–Trinajstić information content (AvgIpc) is 2.93. The second-order valence-corrected chi connectivity index (χ2v) is 5.74. The van der Waals surface area contributed by atoms with Crippen LogP contribution >= 0.6 is 11.6 Å². The number of aromatic nitrogens is 4. The highest BCUT2D eigenvalue weighted by Gasteiger charge is 2.25. The third-order valence-electron chi connectivity index (χ3n) is 3.83. The molecule has 102 valence electrons. The van der Waals surface area contributed by atoms with Gasteiger partial charge >= 0.3 is 5.69 Å². The molecule has 0 bridgehead atoms. The maximum atomic E-state index is 12.6. The van der Waals surface area contributed by atoms with Crippen LogP contribution in [0.15, 0.2) is 11.0 Å². The van der Waals surface area contributed by atoms with E-state index in [-0.39, 0.29) is 23.1 Å². The van der Waals surface area contributed by atoms with Gasteiger partial charge in [0.1, 0.15) is 5.52 Å². The van der Waals surface area contributed by atoms with Crippen molar-refractivity contribution >= 4 is 22.8 Å². The van der Waals surface area contributed by atoms with E-state index in [0.717, 1.165) is 18.4 Å². The minimum Gasteiger partial charge on any atom is -0.286 e. The van der Waals surface area contributed by atoms with Gasteiger partial charge in [0.05, 0.1) is 6.20 Å². The number of nitrogens with zero attached hydrogens (tertiary/aromatic N) is 4. The molecule has 3 rings (SSSR count). The van der Waals surface area contributed by atoms with E-state index in [4.69, 9.17) is 11.6 Å². The van der Waals surface area contributed by atoms with E-state index in [1.54, 1.807) is 10.8 Å². The van der Waals surface area contributed by atoms with Gasteiger partial charge in [-0.05, 0) is 38.3 Å². The molecule has 0 aromatic carbocycles. The van der Waals surface area contributed by atoms with E-state index in [1.165, 1.54) is 12.8 Å². The summed E-state index contributed by atoms with van der Waals surface area (Å²) in [4.78, 5) is 20.9. The molecule has 2 aromatic heterocycles. The Morgan fingerprint density at radius 3 is 2.68 bits per heavy atom. The minimum absolute atomic E-state index is 0.00784. The summed E-state index contributed by atoms with van der Waals surface area (Å²) in [5.74, 6) is 0. The maximum absolute atomic E-state index is 12.6. The number of fused-ring (bicyclic) bond motifs is 1. The predicted molar refractivity (Wildman–Crippen MR) is 74.7 cm³/mol. The van der Waals surface area contributed by atoms with Crippen LogP contribution in [0.25, 0.3) is 11.2 Å². The first-order valence-corrected chi connectivity index (χ1v) is 7.12. The SMILES string of the molecule is CC(C)n1c(=O)n(C2CCCC2)c2nc(Cl)ncc21. The van der Waals surface area contributed by atoms with Crippen molar-refractivity contribution < 1.29 is 0 Å². The smallest absolute Gasteiger partial charge is 0.286 e. The third kappa shape index (κ3) is 1.96. The lowest BCUT2D eigenvalue weighted by Crippen LogP contribution is -2.27. The summed E-state index contributed by atoms with van der Waals surface area (Å²) >= 11 is 5.89. The lowest BCUT2D eigenvalue weighted by Gasteiger charge is -2.10. The van der Waals surface area contributed by atoms with Crippen LogP contribution in [0.2, 0.25) is 5.28 Å². The molecule has 2 aromatic rings. The normalized spacial score (nSPS) is 16.8. The minimum atomic E-state index is 0.00784. The fourth-order valence-electron chi connectivity index (χ4n) is 2.99. The lowest BCUT2D eigenvalue weighted by atomic mass is 10.2. The van der Waals surface area contributed by atoms with Crippen LogP contribution in [-0.4, -0.2) is 19.1 Å². The van der Waals surface area contributed by atoms with Crippen LogP contribution in [0, 0.1) is 0 Å². The molecule has 0 saturated heterocycles. The third-order valence-corrected chi connectivity index (χ3v) is 4.01. The van der Waals surface area contributed by atoms with Crippen LogP contribution in [0.1, 0.15) is 51.6 Å². The van der Waals surface area contributed by atoms with E-state index in [1.807, 2.05) is 18.4 Å². The molecule has 0 radical (unpaired) electrons. The lowest BCUT2D eigenvalue weighted by molar-refractivity contribution is 0.486. The van der Waals surface area contributed by atoms with Crippen molar-refractivity contribution in [3.8, 4) is 0 Å². The van der Waals surface area contributed by atoms with Gasteiger partial charge in [-0.1, -0.05) is 12.8 Å². The van der Waals surface area contributed by atoms with E-state index < -0.39 is 0 Å². The van der Waals surface area contributed by atoms with Crippen LogP contribution in [0.4, 0.5) is 0 Å². The fraction of sp³-hybridized carbons (Fsp3) is 0.615. The number of halogens is 1. The van der Waals surface area contributed by atoms with E-state index in [2.05, 4.69) is 9.97 Å². The maximum Gasteiger partial charge on any atom is 0.330 e. The quantitative estimate of drug-likeness (QED) is 0.795. The van der Waals surface area contributed by atoms with Crippen LogP contribution < -0.4 is 5.69 Å². The van der Waals surface area contributed by atoms with Gasteiger partial charge in [0.15, 0.2) is 5.65 Å². The van der Waals surface area contributed by atoms with Gasteiger partial charge in [0.2, 0.25) is 5.28 Å². The van der Waals surface area contributed by atoms with Gasteiger partial charge in [-0.25, -0.2) is 9.78 Å². The van der Waals surface area contributed by atoms with Gasteiger partial charge in [-0.3, -0.25) is 9.13 Å². The summed E-state index contributed by atoms with van der Waals surface area (Å²) in [6, 6.07) is 0.336. The van der Waals surface area contributed by atoms with Gasteiger partial charge in [-0.2, -0.15) is 4.98 Å². The molecule has 2 heterocycles. The van der Waals surface area contributed by atoms with Crippen molar-refractivity contribution in [2.45, 2.75) is 51.6 Å². The monoisotopic (exact) mass is 280 g/mol. The summed E-state index contributed by atoms with van der Waals surface area (Å²) in [5.41, 5.74) is 1.45. The summed E-state index contributed by atoms with van der Waals surface area (Å²) in [6.45, 7) is 3.99. The first kappa shape index (κ1) is 12.7. The van der Waals surface area contributed by atoms with Crippen molar-refractivity contribution in [3.05, 3.63) is 22.0 Å². The molecular formula is C13H17ClN4O. The largest absolute Gasteiger partial charge is 0.330 e. The van der Waals surface area contributed by atoms with Crippen LogP contribution in [-0.2, 0) is 0 Å². The summed E-state index contributed by atoms with van der Waals surface area (Å²) in [7, 11) is 0. The number of hydrogen-bond donors (Lipinski definition) is 0. The Bertz CT molecular complexity index is 667. The van der Waals surface area contributed by atoms with E-state index in [0.29, 0.717) is 5.65 Å². The highest BCUT2D eigenvalue weighted by Crippen LogP contribution is 2.31. The molecule has 0 spiro atoms. The second-order valence-electron chi connectivity index (χ2n) is 5.40. The Labute approximate surface area is 116 Å². The first-order chi connectivity index (χ1) is 9.09. The zero-order valence-corrected chi connectivity index (χ0v) is 11.9. The first-order valence-electron chi connectivity index (χ1n) is 6.74. The van der Waals surface area contributed by atoms with Gasteiger partial charge < -0.3 is 0 Å². The predicted octanol–water partition coefficient (Wildman–Crippen LogP) is 2.94. The average molecular weight is 281 g/mol. The number of rotatable bonds is 2. The zero-order valence-electron chi connectivity index (χ0n) is 11.1. The Morgan fingerprint density at radius 1 is 1.37 bits per heavy atom. The summed E-state index contributed by atoms with van der Waals surface area (Å²) in [6.07, 6.45) is 6.07. The molecule has 1 fully saturated rings. The number of hydrogen-bond acceptors (Lipinski definition) is 3. The van der Waals surface area contributed by atoms with Gasteiger partial charge in [-0.15, -0.1) is 0 Å². The molecule has 19 heavy (non-hydrogen) atoms. The van der Waals surface area contributed by atoms with Gasteiger partial charge in [0, 0.05) is 12.1 Å². The highest BCUT2D eigenvalue weighted by atomic mass is 35.5. The van der Waals surface area contributed by atoms with Crippen molar-refractivity contribution in [1.82, 2.24) is 19.1 Å². The van der Waals surface area contributed by atoms with E-state index in [9.17, 15) is 4.79 Å². The molecule has 0 atom stereocenters. The number of imidazole rings is 1. The Balaban J connectivity index is 2.33. The Morgan fingerprint density at radius 2 is 2.05 bits per heavy atom. The molecule has 6 heteroatoms.